The van der Waals surface area contributed by atoms with Gasteiger partial charge in [-0.05, 0) is 29.9 Å². The van der Waals surface area contributed by atoms with E-state index in [0.29, 0.717) is 6.54 Å². The Labute approximate surface area is 97.6 Å². The lowest BCUT2D eigenvalue weighted by Crippen LogP contribution is -2.06. The van der Waals surface area contributed by atoms with E-state index in [1.807, 2.05) is 0 Å². The molecule has 0 saturated heterocycles. The van der Waals surface area contributed by atoms with Gasteiger partial charge in [-0.1, -0.05) is 49.9 Å². The molecule has 1 aliphatic carbocycles. The summed E-state index contributed by atoms with van der Waals surface area (Å²) in [6.07, 6.45) is 8.26. The monoisotopic (exact) mass is 219 g/mol. The van der Waals surface area contributed by atoms with Crippen molar-refractivity contribution in [1.82, 2.24) is 5.48 Å². The Kier molecular flexibility index (Phi) is 4.37. The molecule has 2 N–H and O–H groups in total. The number of hydrogen-bond acceptors (Lipinski definition) is 2. The van der Waals surface area contributed by atoms with Gasteiger partial charge in [-0.2, -0.15) is 0 Å². The van der Waals surface area contributed by atoms with Crippen LogP contribution in [0.3, 0.4) is 0 Å². The third kappa shape index (κ3) is 3.06. The van der Waals surface area contributed by atoms with Crippen LogP contribution in [0.1, 0.15) is 55.6 Å². The molecule has 2 heteroatoms. The molecule has 0 aromatic heterocycles. The maximum atomic E-state index is 8.62. The topological polar surface area (TPSA) is 32.3 Å². The quantitative estimate of drug-likeness (QED) is 0.601. The van der Waals surface area contributed by atoms with Crippen LogP contribution in [-0.2, 0) is 6.54 Å². The smallest absolute Gasteiger partial charge is 0.0458 e. The lowest BCUT2D eigenvalue weighted by Gasteiger charge is -2.14. The third-order valence-electron chi connectivity index (χ3n) is 3.59. The van der Waals surface area contributed by atoms with Crippen molar-refractivity contribution in [1.29, 1.82) is 0 Å². The molecule has 1 aliphatic rings. The summed E-state index contributed by atoms with van der Waals surface area (Å²) in [7, 11) is 0. The van der Waals surface area contributed by atoms with Gasteiger partial charge in [0.25, 0.3) is 0 Å². The first-order valence-corrected chi connectivity index (χ1v) is 6.36. The molecule has 0 aliphatic heterocycles. The Hall–Kier alpha value is -0.860. The number of rotatable bonds is 3. The molecule has 1 saturated carbocycles. The van der Waals surface area contributed by atoms with E-state index in [0.717, 1.165) is 11.5 Å². The SMILES string of the molecule is ONCc1ccc(C2CCCCCC2)cc1. The number of benzene rings is 1. The second kappa shape index (κ2) is 6.02. The van der Waals surface area contributed by atoms with Crippen LogP contribution in [0.25, 0.3) is 0 Å². The largest absolute Gasteiger partial charge is 0.316 e. The second-order valence-electron chi connectivity index (χ2n) is 4.76. The van der Waals surface area contributed by atoms with Crippen molar-refractivity contribution in [3.8, 4) is 0 Å². The van der Waals surface area contributed by atoms with E-state index in [4.69, 9.17) is 5.21 Å². The first-order valence-electron chi connectivity index (χ1n) is 6.36. The molecule has 1 aromatic rings. The van der Waals surface area contributed by atoms with Gasteiger partial charge in [-0.25, -0.2) is 5.48 Å². The molecule has 1 fully saturated rings. The van der Waals surface area contributed by atoms with Crippen LogP contribution < -0.4 is 5.48 Å². The number of hydrogen-bond donors (Lipinski definition) is 2. The van der Waals surface area contributed by atoms with Crippen LogP contribution >= 0.6 is 0 Å². The fourth-order valence-corrected chi connectivity index (χ4v) is 2.61. The van der Waals surface area contributed by atoms with E-state index in [2.05, 4.69) is 29.7 Å². The minimum Gasteiger partial charge on any atom is -0.316 e. The highest BCUT2D eigenvalue weighted by molar-refractivity contribution is 5.25. The van der Waals surface area contributed by atoms with Crippen LogP contribution in [0.15, 0.2) is 24.3 Å². The van der Waals surface area contributed by atoms with Crippen molar-refractivity contribution < 1.29 is 5.21 Å². The highest BCUT2D eigenvalue weighted by atomic mass is 16.5. The highest BCUT2D eigenvalue weighted by Gasteiger charge is 2.13. The second-order valence-corrected chi connectivity index (χ2v) is 4.76. The molecule has 1 aromatic carbocycles. The van der Waals surface area contributed by atoms with E-state index >= 15 is 0 Å². The molecular formula is C14H21NO. The van der Waals surface area contributed by atoms with Gasteiger partial charge >= 0.3 is 0 Å². The molecule has 0 spiro atoms. The van der Waals surface area contributed by atoms with Crippen molar-refractivity contribution in [2.75, 3.05) is 0 Å². The van der Waals surface area contributed by atoms with Gasteiger partial charge in [0.15, 0.2) is 0 Å². The predicted molar refractivity (Wildman–Crippen MR) is 65.5 cm³/mol. The molecule has 88 valence electrons. The molecule has 0 bridgehead atoms. The summed E-state index contributed by atoms with van der Waals surface area (Å²) < 4.78 is 0. The van der Waals surface area contributed by atoms with Crippen LogP contribution in [0.5, 0.6) is 0 Å². The van der Waals surface area contributed by atoms with Gasteiger partial charge in [0.1, 0.15) is 0 Å². The molecule has 0 unspecified atom stereocenters. The minimum absolute atomic E-state index is 0.533. The van der Waals surface area contributed by atoms with Crippen LogP contribution in [0, 0.1) is 0 Å². The number of nitrogens with one attached hydrogen (secondary N) is 1. The predicted octanol–water partition coefficient (Wildman–Crippen LogP) is 3.60. The fraction of sp³-hybridized carbons (Fsp3) is 0.571. The van der Waals surface area contributed by atoms with Crippen molar-refractivity contribution >= 4 is 0 Å². The van der Waals surface area contributed by atoms with Gasteiger partial charge in [0.05, 0.1) is 0 Å². The lowest BCUT2D eigenvalue weighted by molar-refractivity contribution is 0.161. The zero-order valence-electron chi connectivity index (χ0n) is 9.78. The van der Waals surface area contributed by atoms with E-state index < -0.39 is 0 Å². The summed E-state index contributed by atoms with van der Waals surface area (Å²) in [6, 6.07) is 8.68. The molecule has 0 heterocycles. The molecule has 16 heavy (non-hydrogen) atoms. The summed E-state index contributed by atoms with van der Waals surface area (Å²) in [5.41, 5.74) is 4.81. The fourth-order valence-electron chi connectivity index (χ4n) is 2.61. The molecular weight excluding hydrogens is 198 g/mol. The Bertz CT molecular complexity index is 299. The Balaban J connectivity index is 2.01. The van der Waals surface area contributed by atoms with Gasteiger partial charge in [-0.3, -0.25) is 0 Å². The molecule has 0 amide bonds. The normalized spacial score (nSPS) is 18.3. The van der Waals surface area contributed by atoms with Crippen LogP contribution in [0.4, 0.5) is 0 Å². The van der Waals surface area contributed by atoms with E-state index in [-0.39, 0.29) is 0 Å². The van der Waals surface area contributed by atoms with Crippen molar-refractivity contribution in [2.24, 2.45) is 0 Å². The van der Waals surface area contributed by atoms with E-state index in [1.165, 1.54) is 44.1 Å². The van der Waals surface area contributed by atoms with E-state index in [9.17, 15) is 0 Å². The minimum atomic E-state index is 0.533. The third-order valence-corrected chi connectivity index (χ3v) is 3.59. The maximum Gasteiger partial charge on any atom is 0.0458 e. The zero-order chi connectivity index (χ0) is 11.2. The number of hydroxylamine groups is 1. The zero-order valence-corrected chi connectivity index (χ0v) is 9.78. The molecule has 0 atom stereocenters. The average molecular weight is 219 g/mol. The van der Waals surface area contributed by atoms with E-state index in [1.54, 1.807) is 0 Å². The van der Waals surface area contributed by atoms with Gasteiger partial charge in [-0.15, -0.1) is 0 Å². The highest BCUT2D eigenvalue weighted by Crippen LogP contribution is 2.31. The van der Waals surface area contributed by atoms with Gasteiger partial charge < -0.3 is 5.21 Å². The molecule has 2 rings (SSSR count). The van der Waals surface area contributed by atoms with Gasteiger partial charge in [0.2, 0.25) is 0 Å². The summed E-state index contributed by atoms with van der Waals surface area (Å²) in [5.74, 6) is 0.763. The van der Waals surface area contributed by atoms with Crippen molar-refractivity contribution in [2.45, 2.75) is 51.0 Å². The Morgan fingerprint density at radius 3 is 2.19 bits per heavy atom. The first-order chi connectivity index (χ1) is 7.90. The van der Waals surface area contributed by atoms with Crippen LogP contribution in [-0.4, -0.2) is 5.21 Å². The summed E-state index contributed by atoms with van der Waals surface area (Å²) in [4.78, 5) is 0. The molecule has 0 radical (unpaired) electrons. The van der Waals surface area contributed by atoms with Crippen molar-refractivity contribution in [3.63, 3.8) is 0 Å². The summed E-state index contributed by atoms with van der Waals surface area (Å²) in [5, 5.41) is 8.62. The standard InChI is InChI=1S/C14H21NO/c16-15-11-12-7-9-14(10-8-12)13-5-3-1-2-4-6-13/h7-10,13,15-16H,1-6,11H2. The summed E-state index contributed by atoms with van der Waals surface area (Å²) >= 11 is 0. The maximum absolute atomic E-state index is 8.62. The Morgan fingerprint density at radius 1 is 1.00 bits per heavy atom. The average Bonchev–Trinajstić information content (AvgIpc) is 2.59. The lowest BCUT2D eigenvalue weighted by atomic mass is 9.91. The molecule has 2 nitrogen and oxygen atoms in total. The van der Waals surface area contributed by atoms with Gasteiger partial charge in [0, 0.05) is 6.54 Å². The Morgan fingerprint density at radius 2 is 1.62 bits per heavy atom. The first kappa shape index (κ1) is 11.6. The van der Waals surface area contributed by atoms with Crippen LogP contribution in [0.2, 0.25) is 0 Å². The van der Waals surface area contributed by atoms with Crippen molar-refractivity contribution in [3.05, 3.63) is 35.4 Å². The summed E-state index contributed by atoms with van der Waals surface area (Å²) in [6.45, 7) is 0.533.